The first-order chi connectivity index (χ1) is 25.1. The Kier molecular flexibility index (Phi) is 7.67. The maximum atomic E-state index is 10.8. The van der Waals surface area contributed by atoms with Gasteiger partial charge in [0, 0.05) is 44.0 Å². The van der Waals surface area contributed by atoms with E-state index in [1.165, 1.54) is 0 Å². The van der Waals surface area contributed by atoms with Gasteiger partial charge < -0.3 is 9.13 Å². The first-order valence-electron chi connectivity index (χ1n) is 16.7. The smallest absolute Gasteiger partial charge is 0.0991 e. The molecule has 0 spiro atoms. The van der Waals surface area contributed by atoms with Gasteiger partial charge in [0.2, 0.25) is 0 Å². The van der Waals surface area contributed by atoms with Crippen molar-refractivity contribution in [2.24, 2.45) is 0 Å². The highest BCUT2D eigenvalue weighted by Gasteiger charge is 2.27. The average Bonchev–Trinajstić information content (AvgIpc) is 3.66. The molecule has 1 unspecified atom stereocenters. The second-order valence-corrected chi connectivity index (χ2v) is 12.6. The molecule has 0 radical (unpaired) electrons. The van der Waals surface area contributed by atoms with Crippen molar-refractivity contribution >= 4 is 44.4 Å². The summed E-state index contributed by atoms with van der Waals surface area (Å²) in [6, 6.07) is 43.2. The molecular weight excluding hydrogens is 623 g/mol. The molecule has 1 aliphatic rings. The first-order valence-corrected chi connectivity index (χ1v) is 16.7. The molecule has 0 saturated heterocycles. The zero-order valence-corrected chi connectivity index (χ0v) is 27.8. The second kappa shape index (κ2) is 12.6. The van der Waals surface area contributed by atoms with Crippen molar-refractivity contribution in [1.29, 1.82) is 15.8 Å². The monoisotopic (exact) mass is 651 g/mol. The minimum absolute atomic E-state index is 0.282. The molecule has 0 aliphatic heterocycles. The summed E-state index contributed by atoms with van der Waals surface area (Å²) in [5, 5.41) is 33.0. The third-order valence-electron chi connectivity index (χ3n) is 9.90. The second-order valence-electron chi connectivity index (χ2n) is 12.6. The van der Waals surface area contributed by atoms with Crippen molar-refractivity contribution in [2.75, 3.05) is 0 Å². The van der Waals surface area contributed by atoms with Gasteiger partial charge in [-0.3, -0.25) is 0 Å². The Bertz CT molecular complexity index is 2770. The van der Waals surface area contributed by atoms with E-state index < -0.39 is 0 Å². The van der Waals surface area contributed by atoms with E-state index >= 15 is 0 Å². The predicted molar refractivity (Wildman–Crippen MR) is 206 cm³/mol. The molecule has 5 heteroatoms. The number of terminal acetylenes is 1. The van der Waals surface area contributed by atoms with E-state index in [0.717, 1.165) is 71.9 Å². The van der Waals surface area contributed by atoms with Gasteiger partial charge in [-0.15, -0.1) is 6.42 Å². The van der Waals surface area contributed by atoms with Crippen LogP contribution in [0.15, 0.2) is 133 Å². The molecule has 0 bridgehead atoms. The molecular formula is C46H29N5. The zero-order valence-electron chi connectivity index (χ0n) is 27.8. The molecule has 1 aliphatic carbocycles. The molecule has 0 fully saturated rings. The van der Waals surface area contributed by atoms with Crippen LogP contribution in [0.2, 0.25) is 0 Å². The van der Waals surface area contributed by atoms with Gasteiger partial charge in [0.05, 0.1) is 52.2 Å². The van der Waals surface area contributed by atoms with E-state index in [-0.39, 0.29) is 6.04 Å². The lowest BCUT2D eigenvalue weighted by Crippen LogP contribution is -2.14. The molecule has 51 heavy (non-hydrogen) atoms. The van der Waals surface area contributed by atoms with Gasteiger partial charge in [0.1, 0.15) is 0 Å². The van der Waals surface area contributed by atoms with Crippen LogP contribution in [0, 0.1) is 53.3 Å². The van der Waals surface area contributed by atoms with Crippen molar-refractivity contribution in [3.8, 4) is 47.4 Å². The molecule has 1 atom stereocenters. The van der Waals surface area contributed by atoms with Gasteiger partial charge in [0.25, 0.3) is 0 Å². The number of allylic oxidation sites excluding steroid dienone is 5. The fourth-order valence-corrected chi connectivity index (χ4v) is 7.66. The molecule has 0 saturated carbocycles. The number of hydrogen-bond acceptors (Lipinski definition) is 3. The zero-order chi connectivity index (χ0) is 35.1. The number of fused-ring (bicyclic) bond motifs is 4. The number of para-hydroxylation sites is 2. The Morgan fingerprint density at radius 2 is 1.39 bits per heavy atom. The van der Waals surface area contributed by atoms with Crippen LogP contribution in [0.1, 0.15) is 40.4 Å². The summed E-state index contributed by atoms with van der Waals surface area (Å²) < 4.78 is 4.49. The average molecular weight is 652 g/mol. The molecule has 0 N–H and O–H groups in total. The Morgan fingerprint density at radius 1 is 0.706 bits per heavy atom. The minimum atomic E-state index is -0.282. The topological polar surface area (TPSA) is 81.2 Å². The van der Waals surface area contributed by atoms with Crippen LogP contribution in [-0.4, -0.2) is 9.13 Å². The SMILES string of the molecule is C#C/C=C\c1c(C)n(-c2ccccc2-c2cccc(C3=C(C#N)C(n4c5ccc(C#N)cc5c5cc(C#N)ccc54)CC=C3)c2)c2ccccc12. The Hall–Kier alpha value is -7.31. The van der Waals surface area contributed by atoms with Gasteiger partial charge in [-0.05, 0) is 96.8 Å². The van der Waals surface area contributed by atoms with Crippen LogP contribution in [0.25, 0.3) is 61.2 Å². The lowest BCUT2D eigenvalue weighted by Gasteiger charge is -2.25. The Morgan fingerprint density at radius 3 is 2.10 bits per heavy atom. The van der Waals surface area contributed by atoms with Gasteiger partial charge in [0.15, 0.2) is 0 Å². The van der Waals surface area contributed by atoms with Crippen LogP contribution in [-0.2, 0) is 0 Å². The predicted octanol–water partition coefficient (Wildman–Crippen LogP) is 10.6. The van der Waals surface area contributed by atoms with Crippen LogP contribution in [0.5, 0.6) is 0 Å². The normalized spacial score (nSPS) is 14.2. The van der Waals surface area contributed by atoms with Crippen molar-refractivity contribution in [3.63, 3.8) is 0 Å². The van der Waals surface area contributed by atoms with E-state index in [0.29, 0.717) is 23.1 Å². The van der Waals surface area contributed by atoms with E-state index in [1.807, 2.05) is 48.5 Å². The van der Waals surface area contributed by atoms with E-state index in [4.69, 9.17) is 6.42 Å². The van der Waals surface area contributed by atoms with Gasteiger partial charge in [-0.2, -0.15) is 15.8 Å². The molecule has 2 heterocycles. The number of nitrogens with zero attached hydrogens (tertiary/aromatic N) is 5. The number of benzene rings is 5. The minimum Gasteiger partial charge on any atom is -0.332 e. The van der Waals surface area contributed by atoms with Crippen molar-refractivity contribution in [1.82, 2.24) is 9.13 Å². The van der Waals surface area contributed by atoms with Crippen LogP contribution in [0.3, 0.4) is 0 Å². The summed E-state index contributed by atoms with van der Waals surface area (Å²) >= 11 is 0. The van der Waals surface area contributed by atoms with E-state index in [2.05, 4.69) is 119 Å². The molecule has 5 nitrogen and oxygen atoms in total. The molecule has 2 aromatic heterocycles. The molecule has 8 rings (SSSR count). The summed E-state index contributed by atoms with van der Waals surface area (Å²) in [6.07, 6.45) is 14.2. The largest absolute Gasteiger partial charge is 0.332 e. The van der Waals surface area contributed by atoms with E-state index in [9.17, 15) is 15.8 Å². The lowest BCUT2D eigenvalue weighted by molar-refractivity contribution is 0.629. The van der Waals surface area contributed by atoms with Gasteiger partial charge in [-0.1, -0.05) is 72.7 Å². The van der Waals surface area contributed by atoms with Crippen molar-refractivity contribution in [2.45, 2.75) is 19.4 Å². The molecule has 7 aromatic rings. The first kappa shape index (κ1) is 31.0. The highest BCUT2D eigenvalue weighted by molar-refractivity contribution is 6.09. The number of hydrogen-bond donors (Lipinski definition) is 0. The van der Waals surface area contributed by atoms with Crippen LogP contribution in [0.4, 0.5) is 0 Å². The molecule has 5 aromatic carbocycles. The number of rotatable bonds is 5. The third kappa shape index (κ3) is 5.02. The summed E-state index contributed by atoms with van der Waals surface area (Å²) in [6.45, 7) is 2.12. The van der Waals surface area contributed by atoms with Gasteiger partial charge >= 0.3 is 0 Å². The Balaban J connectivity index is 1.29. The third-order valence-corrected chi connectivity index (χ3v) is 9.90. The quantitative estimate of drug-likeness (QED) is 0.174. The summed E-state index contributed by atoms with van der Waals surface area (Å²) in [5.41, 5.74) is 11.8. The maximum Gasteiger partial charge on any atom is 0.0991 e. The summed E-state index contributed by atoms with van der Waals surface area (Å²) in [7, 11) is 0. The Labute approximate surface area is 296 Å². The highest BCUT2D eigenvalue weighted by atomic mass is 15.0. The van der Waals surface area contributed by atoms with Crippen molar-refractivity contribution in [3.05, 3.63) is 161 Å². The number of aromatic nitrogens is 2. The fraction of sp³-hybridized carbons (Fsp3) is 0.0652. The summed E-state index contributed by atoms with van der Waals surface area (Å²) in [4.78, 5) is 0. The maximum absolute atomic E-state index is 10.8. The van der Waals surface area contributed by atoms with Crippen LogP contribution >= 0.6 is 0 Å². The standard InChI is InChI=1S/C46H29N5/c1-3-4-13-35-30(2)50(43-18-8-6-15-38(35)43)42-17-7-5-14-37(42)34-12-9-11-33(26-34)36-16-10-19-44(41(36)29-49)51-45-22-20-31(27-47)24-39(45)40-25-32(28-48)21-23-46(40)51/h1,4-18,20-26,44H,19H2,2H3/b13-4-. The molecule has 238 valence electrons. The van der Waals surface area contributed by atoms with E-state index in [1.54, 1.807) is 6.08 Å². The fourth-order valence-electron chi connectivity index (χ4n) is 7.66. The summed E-state index contributed by atoms with van der Waals surface area (Å²) in [5.74, 6) is 2.63. The van der Waals surface area contributed by atoms with Crippen molar-refractivity contribution < 1.29 is 0 Å². The number of nitriles is 3. The highest BCUT2D eigenvalue weighted by Crippen LogP contribution is 2.42. The van der Waals surface area contributed by atoms with Crippen LogP contribution < -0.4 is 0 Å². The van der Waals surface area contributed by atoms with Gasteiger partial charge in [-0.25, -0.2) is 0 Å². The lowest BCUT2D eigenvalue weighted by atomic mass is 9.88. The molecule has 0 amide bonds.